The molecule has 0 aliphatic rings. The topological polar surface area (TPSA) is 152 Å². The van der Waals surface area contributed by atoms with Gasteiger partial charge in [-0.1, -0.05) is 62.4 Å². The molecule has 212 valence electrons. The number of hydrogen-bond donors (Lipinski definition) is 1. The first-order valence-electron chi connectivity index (χ1n) is 13.0. The van der Waals surface area contributed by atoms with E-state index < -0.39 is 30.0 Å². The van der Waals surface area contributed by atoms with Crippen molar-refractivity contribution in [2.24, 2.45) is 0 Å². The number of tetrazole rings is 1. The minimum atomic E-state index is -0.868. The van der Waals surface area contributed by atoms with Gasteiger partial charge in [0.2, 0.25) is 0 Å². The van der Waals surface area contributed by atoms with Crippen LogP contribution in [0.1, 0.15) is 44.3 Å². The van der Waals surface area contributed by atoms with E-state index in [-0.39, 0.29) is 17.1 Å². The quantitative estimate of drug-likeness (QED) is 0.269. The summed E-state index contributed by atoms with van der Waals surface area (Å²) in [6.45, 7) is 5.41. The predicted octanol–water partition coefficient (Wildman–Crippen LogP) is 2.72. The van der Waals surface area contributed by atoms with Crippen LogP contribution in [0.25, 0.3) is 33.7 Å². The molecule has 13 nitrogen and oxygen atoms in total. The molecule has 0 aliphatic heterocycles. The van der Waals surface area contributed by atoms with Crippen molar-refractivity contribution < 1.29 is 14.3 Å². The molecule has 1 N–H and O–H groups in total. The van der Waals surface area contributed by atoms with E-state index in [1.807, 2.05) is 62.4 Å². The smallest absolute Gasteiger partial charge is 0.335 e. The Morgan fingerprint density at radius 2 is 1.68 bits per heavy atom. The summed E-state index contributed by atoms with van der Waals surface area (Å²) in [5, 5.41) is 14.2. The van der Waals surface area contributed by atoms with E-state index in [4.69, 9.17) is 14.5 Å². The molecule has 0 radical (unpaired) electrons. The summed E-state index contributed by atoms with van der Waals surface area (Å²) < 4.78 is 14.1. The number of carbonyl (C=O) groups is 1. The summed E-state index contributed by atoms with van der Waals surface area (Å²) >= 11 is 0. The molecule has 41 heavy (non-hydrogen) atoms. The van der Waals surface area contributed by atoms with Gasteiger partial charge in [-0.25, -0.2) is 19.4 Å². The van der Waals surface area contributed by atoms with Crippen LogP contribution in [0.5, 0.6) is 0 Å². The number of aromatic amines is 1. The van der Waals surface area contributed by atoms with Crippen LogP contribution >= 0.6 is 0 Å². The van der Waals surface area contributed by atoms with Crippen LogP contribution in [0.2, 0.25) is 0 Å². The van der Waals surface area contributed by atoms with Gasteiger partial charge < -0.3 is 14.0 Å². The van der Waals surface area contributed by atoms with Gasteiger partial charge in [0.25, 0.3) is 5.56 Å². The first-order chi connectivity index (χ1) is 19.7. The van der Waals surface area contributed by atoms with E-state index in [0.717, 1.165) is 26.8 Å². The molecule has 5 aromatic rings. The third-order valence-corrected chi connectivity index (χ3v) is 6.96. The first kappa shape index (κ1) is 27.6. The van der Waals surface area contributed by atoms with Gasteiger partial charge in [0.15, 0.2) is 17.0 Å². The number of ether oxygens (including phenoxy) is 2. The molecular weight excluding hydrogens is 528 g/mol. The van der Waals surface area contributed by atoms with E-state index >= 15 is 0 Å². The van der Waals surface area contributed by atoms with Crippen molar-refractivity contribution in [2.75, 3.05) is 14.2 Å². The van der Waals surface area contributed by atoms with E-state index in [1.165, 1.54) is 18.8 Å². The number of fused-ring (bicyclic) bond motifs is 1. The van der Waals surface area contributed by atoms with E-state index in [0.29, 0.717) is 18.2 Å². The number of imidazole rings is 1. The summed E-state index contributed by atoms with van der Waals surface area (Å²) in [6, 6.07) is 15.7. The summed E-state index contributed by atoms with van der Waals surface area (Å²) in [7, 11) is 2.64. The lowest BCUT2D eigenvalue weighted by atomic mass is 9.98. The summed E-state index contributed by atoms with van der Waals surface area (Å²) in [5.74, 6) is 0.445. The third kappa shape index (κ3) is 5.07. The number of nitrogens with one attached hydrogen (secondary N) is 1. The Morgan fingerprint density at radius 1 is 0.976 bits per heavy atom. The number of hydrogen-bond acceptors (Lipinski definition) is 9. The highest BCUT2D eigenvalue weighted by molar-refractivity contribution is 5.80. The molecule has 1 unspecified atom stereocenters. The highest BCUT2D eigenvalue weighted by atomic mass is 16.5. The molecular formula is C28H30N8O5. The third-order valence-electron chi connectivity index (χ3n) is 6.96. The van der Waals surface area contributed by atoms with Crippen LogP contribution in [0, 0.1) is 0 Å². The zero-order valence-corrected chi connectivity index (χ0v) is 23.4. The lowest BCUT2D eigenvalue weighted by Gasteiger charge is -2.16. The molecule has 0 aliphatic carbocycles. The van der Waals surface area contributed by atoms with Crippen molar-refractivity contribution in [3.63, 3.8) is 0 Å². The molecule has 5 rings (SSSR count). The van der Waals surface area contributed by atoms with Gasteiger partial charge in [0.05, 0.1) is 7.11 Å². The molecule has 1 atom stereocenters. The van der Waals surface area contributed by atoms with Crippen molar-refractivity contribution in [3.8, 4) is 22.5 Å². The molecule has 0 saturated carbocycles. The fraction of sp³-hybridized carbons (Fsp3) is 0.321. The number of esters is 1. The van der Waals surface area contributed by atoms with Crippen molar-refractivity contribution in [1.82, 2.24) is 39.3 Å². The number of nitrogens with zero attached hydrogens (tertiary/aromatic N) is 7. The second-order valence-electron chi connectivity index (χ2n) is 9.83. The minimum absolute atomic E-state index is 0.0848. The standard InChI is InChI=1S/C28H30N8O5/c1-16(2)25-29-26-23(27(38)36(17(3)40-4)28(39)35(26)15-22(37)41-5)34(25)14-18-10-12-19(13-11-18)20-8-6-7-9-21(20)24-30-32-33-31-24/h6-13,16-17H,14-15H2,1-5H3,(H,30,31,32,33). The molecule has 0 saturated heterocycles. The molecule has 13 heteroatoms. The van der Waals surface area contributed by atoms with Gasteiger partial charge in [-0.15, -0.1) is 5.10 Å². The minimum Gasteiger partial charge on any atom is -0.468 e. The number of rotatable bonds is 9. The largest absolute Gasteiger partial charge is 0.468 e. The Labute approximate surface area is 234 Å². The average molecular weight is 559 g/mol. The molecule has 3 aromatic heterocycles. The van der Waals surface area contributed by atoms with Crippen LogP contribution in [0.15, 0.2) is 58.1 Å². The zero-order valence-electron chi connectivity index (χ0n) is 23.4. The maximum absolute atomic E-state index is 13.8. The van der Waals surface area contributed by atoms with Crippen molar-refractivity contribution in [3.05, 3.63) is 80.8 Å². The maximum atomic E-state index is 13.8. The molecule has 0 amide bonds. The Kier molecular flexibility index (Phi) is 7.62. The van der Waals surface area contributed by atoms with Crippen LogP contribution in [-0.4, -0.2) is 59.5 Å². The number of benzene rings is 2. The average Bonchev–Trinajstić information content (AvgIpc) is 3.64. The molecule has 3 heterocycles. The fourth-order valence-electron chi connectivity index (χ4n) is 4.83. The van der Waals surface area contributed by atoms with Gasteiger partial charge in [0, 0.05) is 25.1 Å². The predicted molar refractivity (Wildman–Crippen MR) is 150 cm³/mol. The second-order valence-corrected chi connectivity index (χ2v) is 9.83. The normalized spacial score (nSPS) is 12.2. The monoisotopic (exact) mass is 558 g/mol. The fourth-order valence-corrected chi connectivity index (χ4v) is 4.83. The van der Waals surface area contributed by atoms with Crippen LogP contribution in [0.4, 0.5) is 0 Å². The van der Waals surface area contributed by atoms with Gasteiger partial charge in [-0.05, 0) is 34.0 Å². The molecule has 2 aromatic carbocycles. The van der Waals surface area contributed by atoms with E-state index in [2.05, 4.69) is 20.6 Å². The Morgan fingerprint density at radius 3 is 2.29 bits per heavy atom. The van der Waals surface area contributed by atoms with Crippen molar-refractivity contribution in [2.45, 2.75) is 46.0 Å². The van der Waals surface area contributed by atoms with Crippen molar-refractivity contribution >= 4 is 17.1 Å². The zero-order chi connectivity index (χ0) is 29.3. The molecule has 0 fully saturated rings. The highest BCUT2D eigenvalue weighted by Crippen LogP contribution is 2.30. The number of methoxy groups -OCH3 is 2. The molecule has 0 bridgehead atoms. The number of H-pyrrole nitrogens is 1. The van der Waals surface area contributed by atoms with E-state index in [9.17, 15) is 14.4 Å². The summed E-state index contributed by atoms with van der Waals surface area (Å²) in [4.78, 5) is 44.1. The Balaban J connectivity index is 1.63. The second kappa shape index (κ2) is 11.3. The first-order valence-corrected chi connectivity index (χ1v) is 13.0. The van der Waals surface area contributed by atoms with E-state index in [1.54, 1.807) is 11.5 Å². The summed E-state index contributed by atoms with van der Waals surface area (Å²) in [6.07, 6.45) is -0.868. The van der Waals surface area contributed by atoms with Crippen LogP contribution in [0.3, 0.4) is 0 Å². The summed E-state index contributed by atoms with van der Waals surface area (Å²) in [5.41, 5.74) is 2.77. The lowest BCUT2D eigenvalue weighted by molar-refractivity contribution is -0.141. The Bertz CT molecular complexity index is 1820. The van der Waals surface area contributed by atoms with Crippen LogP contribution in [-0.2, 0) is 27.4 Å². The van der Waals surface area contributed by atoms with Crippen LogP contribution < -0.4 is 11.2 Å². The SMILES string of the molecule is COC(=O)Cn1c(=O)n(C(C)OC)c(=O)c2c1nc(C(C)C)n2Cc1ccc(-c2ccccc2-c2nnn[nH]2)cc1. The van der Waals surface area contributed by atoms with Crippen molar-refractivity contribution in [1.29, 1.82) is 0 Å². The maximum Gasteiger partial charge on any atom is 0.335 e. The van der Waals surface area contributed by atoms with Gasteiger partial charge in [-0.3, -0.25) is 14.2 Å². The lowest BCUT2D eigenvalue weighted by Crippen LogP contribution is -2.43. The van der Waals surface area contributed by atoms with Gasteiger partial charge in [0.1, 0.15) is 18.6 Å². The Hall–Kier alpha value is -4.91. The number of aromatic nitrogens is 8. The van der Waals surface area contributed by atoms with Gasteiger partial charge >= 0.3 is 11.7 Å². The van der Waals surface area contributed by atoms with Gasteiger partial charge in [-0.2, -0.15) is 0 Å². The highest BCUT2D eigenvalue weighted by Gasteiger charge is 2.26. The molecule has 0 spiro atoms. The number of carbonyl (C=O) groups excluding carboxylic acids is 1.